The average molecular weight is 312 g/mol. The van der Waals surface area contributed by atoms with Crippen LogP contribution in [0.1, 0.15) is 18.4 Å². The van der Waals surface area contributed by atoms with Gasteiger partial charge in [-0.15, -0.1) is 0 Å². The maximum atomic E-state index is 12.4. The van der Waals surface area contributed by atoms with Crippen molar-refractivity contribution in [1.29, 1.82) is 0 Å². The van der Waals surface area contributed by atoms with Gasteiger partial charge >= 0.3 is 0 Å². The summed E-state index contributed by atoms with van der Waals surface area (Å²) in [5.74, 6) is -0.290. The number of carbonyl (C=O) groups is 2. The number of para-hydroxylation sites is 1. The minimum absolute atomic E-state index is 0.0699. The molecular formula is C17H20N4O2. The molecule has 2 heterocycles. The van der Waals surface area contributed by atoms with Crippen LogP contribution in [0, 0.1) is 5.92 Å². The van der Waals surface area contributed by atoms with E-state index < -0.39 is 0 Å². The number of carbonyl (C=O) groups excluding carboxylic acids is 2. The Labute approximate surface area is 134 Å². The van der Waals surface area contributed by atoms with E-state index in [4.69, 9.17) is 5.73 Å². The van der Waals surface area contributed by atoms with Crippen LogP contribution in [0.25, 0.3) is 5.69 Å². The first-order chi connectivity index (χ1) is 11.1. The normalized spacial score (nSPS) is 15.6. The van der Waals surface area contributed by atoms with Crippen LogP contribution in [0.2, 0.25) is 0 Å². The first-order valence-corrected chi connectivity index (χ1v) is 7.79. The molecule has 0 saturated carbocycles. The summed E-state index contributed by atoms with van der Waals surface area (Å²) >= 11 is 0. The summed E-state index contributed by atoms with van der Waals surface area (Å²) in [6.45, 7) is 1.19. The smallest absolute Gasteiger partial charge is 0.227 e. The van der Waals surface area contributed by atoms with Gasteiger partial charge in [0.2, 0.25) is 11.8 Å². The topological polar surface area (TPSA) is 81.2 Å². The Balaban J connectivity index is 1.59. The third-order valence-corrected chi connectivity index (χ3v) is 4.26. The van der Waals surface area contributed by atoms with Gasteiger partial charge in [-0.05, 0) is 30.5 Å². The summed E-state index contributed by atoms with van der Waals surface area (Å²) < 4.78 is 1.77. The maximum absolute atomic E-state index is 12.4. The molecule has 1 saturated heterocycles. The molecule has 2 aromatic rings. The van der Waals surface area contributed by atoms with Crippen molar-refractivity contribution in [3.63, 3.8) is 0 Å². The Kier molecular flexibility index (Phi) is 4.41. The number of aromatic nitrogens is 2. The predicted octanol–water partition coefficient (Wildman–Crippen LogP) is 1.14. The van der Waals surface area contributed by atoms with Gasteiger partial charge in [-0.1, -0.05) is 18.2 Å². The quantitative estimate of drug-likeness (QED) is 0.919. The van der Waals surface area contributed by atoms with Gasteiger partial charge in [0.15, 0.2) is 0 Å². The minimum Gasteiger partial charge on any atom is -0.369 e. The summed E-state index contributed by atoms with van der Waals surface area (Å²) in [5.41, 5.74) is 7.17. The van der Waals surface area contributed by atoms with Gasteiger partial charge in [0, 0.05) is 25.2 Å². The highest BCUT2D eigenvalue weighted by molar-refractivity contribution is 5.80. The van der Waals surface area contributed by atoms with Crippen molar-refractivity contribution in [2.75, 3.05) is 13.1 Å². The molecule has 1 aromatic heterocycles. The van der Waals surface area contributed by atoms with E-state index in [2.05, 4.69) is 5.10 Å². The zero-order chi connectivity index (χ0) is 16.2. The Bertz CT molecular complexity index is 688. The van der Waals surface area contributed by atoms with Crippen LogP contribution in [0.3, 0.4) is 0 Å². The molecule has 0 spiro atoms. The molecule has 1 aliphatic heterocycles. The van der Waals surface area contributed by atoms with Crippen LogP contribution in [-0.4, -0.2) is 39.6 Å². The largest absolute Gasteiger partial charge is 0.369 e. The number of benzene rings is 1. The second-order valence-electron chi connectivity index (χ2n) is 5.86. The lowest BCUT2D eigenvalue weighted by Gasteiger charge is -2.30. The molecular weight excluding hydrogens is 292 g/mol. The molecule has 3 rings (SSSR count). The molecule has 6 nitrogen and oxygen atoms in total. The van der Waals surface area contributed by atoms with Gasteiger partial charge in [-0.2, -0.15) is 5.10 Å². The maximum Gasteiger partial charge on any atom is 0.227 e. The van der Waals surface area contributed by atoms with Crippen LogP contribution in [-0.2, 0) is 16.0 Å². The molecule has 120 valence electrons. The molecule has 2 N–H and O–H groups in total. The van der Waals surface area contributed by atoms with E-state index in [0.29, 0.717) is 32.4 Å². The van der Waals surface area contributed by atoms with E-state index in [-0.39, 0.29) is 17.7 Å². The Hall–Kier alpha value is -2.63. The van der Waals surface area contributed by atoms with Crippen molar-refractivity contribution in [3.8, 4) is 5.69 Å². The lowest BCUT2D eigenvalue weighted by Crippen LogP contribution is -2.42. The highest BCUT2D eigenvalue weighted by atomic mass is 16.2. The van der Waals surface area contributed by atoms with Crippen LogP contribution in [0.4, 0.5) is 0 Å². The number of primary amides is 1. The van der Waals surface area contributed by atoms with Gasteiger partial charge in [-0.3, -0.25) is 9.59 Å². The second kappa shape index (κ2) is 6.64. The molecule has 6 heteroatoms. The number of hydrogen-bond acceptors (Lipinski definition) is 3. The monoisotopic (exact) mass is 312 g/mol. The van der Waals surface area contributed by atoms with Crippen molar-refractivity contribution in [3.05, 3.63) is 48.3 Å². The molecule has 23 heavy (non-hydrogen) atoms. The summed E-state index contributed by atoms with van der Waals surface area (Å²) in [5, 5.41) is 4.30. The molecule has 0 bridgehead atoms. The predicted molar refractivity (Wildman–Crippen MR) is 85.8 cm³/mol. The Morgan fingerprint density at radius 1 is 1.17 bits per heavy atom. The van der Waals surface area contributed by atoms with Gasteiger partial charge in [0.05, 0.1) is 18.3 Å². The van der Waals surface area contributed by atoms with Crippen LogP contribution < -0.4 is 5.73 Å². The van der Waals surface area contributed by atoms with Crippen molar-refractivity contribution in [2.45, 2.75) is 19.3 Å². The number of likely N-dealkylation sites (tertiary alicyclic amines) is 1. The summed E-state index contributed by atoms with van der Waals surface area (Å²) in [6, 6.07) is 9.78. The molecule has 0 atom stereocenters. The molecule has 2 amide bonds. The summed E-state index contributed by atoms with van der Waals surface area (Å²) in [7, 11) is 0. The highest BCUT2D eigenvalue weighted by Crippen LogP contribution is 2.18. The van der Waals surface area contributed by atoms with E-state index in [1.807, 2.05) is 36.5 Å². The number of amides is 2. The van der Waals surface area contributed by atoms with Gasteiger partial charge < -0.3 is 10.6 Å². The van der Waals surface area contributed by atoms with Gasteiger partial charge in [-0.25, -0.2) is 4.68 Å². The van der Waals surface area contributed by atoms with E-state index >= 15 is 0 Å². The highest BCUT2D eigenvalue weighted by Gasteiger charge is 2.25. The molecule has 1 fully saturated rings. The van der Waals surface area contributed by atoms with Crippen molar-refractivity contribution in [1.82, 2.24) is 14.7 Å². The Morgan fingerprint density at radius 2 is 1.87 bits per heavy atom. The number of rotatable bonds is 4. The van der Waals surface area contributed by atoms with Crippen molar-refractivity contribution in [2.24, 2.45) is 11.7 Å². The molecule has 0 radical (unpaired) electrons. The minimum atomic E-state index is -0.263. The SMILES string of the molecule is NC(=O)C1CCN(C(=O)Cc2cnn(-c3ccccc3)c2)CC1. The summed E-state index contributed by atoms with van der Waals surface area (Å²) in [6.07, 6.45) is 5.24. The van der Waals surface area contributed by atoms with Crippen LogP contribution >= 0.6 is 0 Å². The van der Waals surface area contributed by atoms with Crippen LogP contribution in [0.15, 0.2) is 42.7 Å². The Morgan fingerprint density at radius 3 is 2.52 bits per heavy atom. The van der Waals surface area contributed by atoms with E-state index in [1.165, 1.54) is 0 Å². The van der Waals surface area contributed by atoms with Crippen LogP contribution in [0.5, 0.6) is 0 Å². The number of piperidine rings is 1. The number of nitrogens with two attached hydrogens (primary N) is 1. The second-order valence-corrected chi connectivity index (χ2v) is 5.86. The fourth-order valence-electron chi connectivity index (χ4n) is 2.87. The van der Waals surface area contributed by atoms with Gasteiger partial charge in [0.25, 0.3) is 0 Å². The summed E-state index contributed by atoms with van der Waals surface area (Å²) in [4.78, 5) is 25.3. The lowest BCUT2D eigenvalue weighted by molar-refractivity contribution is -0.134. The first-order valence-electron chi connectivity index (χ1n) is 7.79. The molecule has 1 aliphatic rings. The zero-order valence-electron chi connectivity index (χ0n) is 12.9. The van der Waals surface area contributed by atoms with Crippen molar-refractivity contribution < 1.29 is 9.59 Å². The van der Waals surface area contributed by atoms with E-state index in [9.17, 15) is 9.59 Å². The number of nitrogens with zero attached hydrogens (tertiary/aromatic N) is 3. The van der Waals surface area contributed by atoms with E-state index in [1.54, 1.807) is 15.8 Å². The van der Waals surface area contributed by atoms with Gasteiger partial charge in [0.1, 0.15) is 0 Å². The fourth-order valence-corrected chi connectivity index (χ4v) is 2.87. The molecule has 0 unspecified atom stereocenters. The molecule has 1 aromatic carbocycles. The first kappa shape index (κ1) is 15.3. The lowest BCUT2D eigenvalue weighted by atomic mass is 9.96. The third kappa shape index (κ3) is 3.59. The number of hydrogen-bond donors (Lipinski definition) is 1. The van der Waals surface area contributed by atoms with E-state index in [0.717, 1.165) is 11.3 Å². The zero-order valence-corrected chi connectivity index (χ0v) is 12.9. The average Bonchev–Trinajstić information content (AvgIpc) is 3.04. The third-order valence-electron chi connectivity index (χ3n) is 4.26. The van der Waals surface area contributed by atoms with Crippen molar-refractivity contribution >= 4 is 11.8 Å². The fraction of sp³-hybridized carbons (Fsp3) is 0.353. The standard InChI is InChI=1S/C17H20N4O2/c18-17(23)14-6-8-20(9-7-14)16(22)10-13-11-19-21(12-13)15-4-2-1-3-5-15/h1-5,11-12,14H,6-10H2,(H2,18,23). The molecule has 0 aliphatic carbocycles.